The second kappa shape index (κ2) is 16.5. The number of phenols is 2. The van der Waals surface area contributed by atoms with E-state index in [-0.39, 0.29) is 46.9 Å². The molecular weight excluding hydrogens is 594 g/mol. The molecule has 2 atom stereocenters. The van der Waals surface area contributed by atoms with Crippen molar-refractivity contribution in [1.82, 2.24) is 15.3 Å². The molecule has 4 rings (SSSR count). The number of carbonyl (C=O) groups excluding carboxylic acids is 3. The van der Waals surface area contributed by atoms with E-state index in [0.717, 1.165) is 25.3 Å². The summed E-state index contributed by atoms with van der Waals surface area (Å²) in [5.74, 6) is -2.10. The summed E-state index contributed by atoms with van der Waals surface area (Å²) >= 11 is 6.40. The molecule has 12 nitrogen and oxygen atoms in total. The van der Waals surface area contributed by atoms with Crippen molar-refractivity contribution in [1.29, 1.82) is 0 Å². The number of hydrogen-bond acceptors (Lipinski definition) is 10. The Bertz CT molecular complexity index is 1270. The largest absolute Gasteiger partial charge is 0.507 e. The highest BCUT2D eigenvalue weighted by atomic mass is 35.5. The van der Waals surface area contributed by atoms with E-state index in [1.54, 1.807) is 41.0 Å². The number of piperidine rings is 1. The maximum atomic E-state index is 13.2. The first kappa shape index (κ1) is 33.3. The zero-order valence-electron chi connectivity index (χ0n) is 24.8. The molecule has 1 aromatic rings. The van der Waals surface area contributed by atoms with Gasteiger partial charge in [-0.05, 0) is 44.8 Å². The van der Waals surface area contributed by atoms with Crippen molar-refractivity contribution in [2.75, 3.05) is 52.6 Å². The summed E-state index contributed by atoms with van der Waals surface area (Å²) in [5.41, 5.74) is 2.75. The number of halogens is 1. The van der Waals surface area contributed by atoms with Gasteiger partial charge >= 0.3 is 5.97 Å². The number of likely N-dealkylation sites (tertiary alicyclic amines) is 1. The predicted octanol–water partition coefficient (Wildman–Crippen LogP) is 3.32. The summed E-state index contributed by atoms with van der Waals surface area (Å²) in [6.07, 6.45) is 11.0. The van der Waals surface area contributed by atoms with Crippen molar-refractivity contribution < 1.29 is 43.6 Å². The van der Waals surface area contributed by atoms with Crippen LogP contribution in [0, 0.1) is 0 Å². The first-order valence-electron chi connectivity index (χ1n) is 14.9. The number of ether oxygens (including phenoxy) is 3. The summed E-state index contributed by atoms with van der Waals surface area (Å²) in [7, 11) is 0. The maximum absolute atomic E-state index is 13.2. The molecule has 3 N–H and O–H groups in total. The number of allylic oxidation sites excluding steroid dienone is 1. The summed E-state index contributed by atoms with van der Waals surface area (Å²) in [5, 5.41) is 20.7. The number of rotatable bonds is 7. The minimum absolute atomic E-state index is 0.00372. The van der Waals surface area contributed by atoms with Crippen molar-refractivity contribution >= 4 is 35.5 Å². The van der Waals surface area contributed by atoms with Crippen LogP contribution in [0.4, 0.5) is 0 Å². The molecule has 3 heterocycles. The Morgan fingerprint density at radius 1 is 1.00 bits per heavy atom. The number of nitrogens with zero attached hydrogens (tertiary/aromatic N) is 2. The predicted molar refractivity (Wildman–Crippen MR) is 162 cm³/mol. The Kier molecular flexibility index (Phi) is 12.5. The number of fused-ring (bicyclic) bond motifs is 1. The van der Waals surface area contributed by atoms with Crippen LogP contribution in [0.15, 0.2) is 36.1 Å². The number of nitrogens with one attached hydrogen (secondary N) is 1. The van der Waals surface area contributed by atoms with Crippen LogP contribution in [0.25, 0.3) is 6.08 Å². The van der Waals surface area contributed by atoms with Crippen LogP contribution in [0.2, 0.25) is 5.02 Å². The lowest BCUT2D eigenvalue weighted by Gasteiger charge is -2.27. The number of cyclic esters (lactones) is 1. The van der Waals surface area contributed by atoms with Crippen LogP contribution in [0.5, 0.6) is 11.5 Å². The summed E-state index contributed by atoms with van der Waals surface area (Å²) in [6.45, 7) is 4.70. The van der Waals surface area contributed by atoms with E-state index in [9.17, 15) is 24.6 Å². The minimum Gasteiger partial charge on any atom is -0.507 e. The van der Waals surface area contributed by atoms with Crippen LogP contribution in [0.1, 0.15) is 54.9 Å². The minimum atomic E-state index is -0.845. The molecule has 0 aliphatic carbocycles. The van der Waals surface area contributed by atoms with E-state index < -0.39 is 29.7 Å². The van der Waals surface area contributed by atoms with E-state index in [4.69, 9.17) is 30.6 Å². The highest BCUT2D eigenvalue weighted by Crippen LogP contribution is 2.38. The fourth-order valence-corrected chi connectivity index (χ4v) is 5.21. The topological polar surface area (TPSA) is 147 Å². The van der Waals surface area contributed by atoms with E-state index in [0.29, 0.717) is 52.2 Å². The summed E-state index contributed by atoms with van der Waals surface area (Å²) in [4.78, 5) is 47.5. The monoisotopic (exact) mass is 633 g/mol. The Hall–Kier alpha value is -3.58. The van der Waals surface area contributed by atoms with Crippen molar-refractivity contribution in [3.63, 3.8) is 0 Å². The molecule has 1 aromatic carbocycles. The zero-order chi connectivity index (χ0) is 31.5. The second-order valence-corrected chi connectivity index (χ2v) is 11.2. The third-order valence-corrected chi connectivity index (χ3v) is 7.83. The number of carbonyl (C=O) groups is 3. The molecule has 3 aliphatic rings. The highest BCUT2D eigenvalue weighted by molar-refractivity contribution is 6.34. The molecule has 44 heavy (non-hydrogen) atoms. The van der Waals surface area contributed by atoms with Gasteiger partial charge in [0.25, 0.3) is 5.91 Å². The molecule has 2 saturated heterocycles. The first-order chi connectivity index (χ1) is 21.2. The van der Waals surface area contributed by atoms with Crippen molar-refractivity contribution in [2.24, 2.45) is 0 Å². The summed E-state index contributed by atoms with van der Waals surface area (Å²) < 4.78 is 16.8. The van der Waals surface area contributed by atoms with E-state index in [1.807, 2.05) is 0 Å². The smallest absolute Gasteiger partial charge is 0.342 e. The van der Waals surface area contributed by atoms with Gasteiger partial charge in [0.05, 0.1) is 30.0 Å². The average molecular weight is 634 g/mol. The molecule has 0 saturated carbocycles. The number of esters is 1. The maximum Gasteiger partial charge on any atom is 0.342 e. The fourth-order valence-electron chi connectivity index (χ4n) is 5.01. The molecule has 2 fully saturated rings. The van der Waals surface area contributed by atoms with Crippen LogP contribution in [0.3, 0.4) is 0 Å². The van der Waals surface area contributed by atoms with Gasteiger partial charge in [-0.25, -0.2) is 4.79 Å². The third-order valence-electron chi connectivity index (χ3n) is 7.44. The first-order valence-corrected chi connectivity index (χ1v) is 15.2. The number of amides is 2. The number of benzene rings is 1. The van der Waals surface area contributed by atoms with Gasteiger partial charge in [0.15, 0.2) is 6.61 Å². The lowest BCUT2D eigenvalue weighted by molar-refractivity contribution is -0.141. The van der Waals surface area contributed by atoms with Gasteiger partial charge in [0, 0.05) is 44.2 Å². The molecule has 13 heteroatoms. The number of morpholine rings is 1. The molecule has 0 radical (unpaired) electrons. The van der Waals surface area contributed by atoms with Crippen molar-refractivity contribution in [3.8, 4) is 11.5 Å². The highest BCUT2D eigenvalue weighted by Gasteiger charge is 2.25. The number of phenolic OH excluding ortho intramolecular Hbond substituents is 2. The lowest BCUT2D eigenvalue weighted by Crippen LogP contribution is -2.42. The van der Waals surface area contributed by atoms with Crippen LogP contribution in [-0.2, 0) is 28.6 Å². The molecule has 0 bridgehead atoms. The van der Waals surface area contributed by atoms with Crippen molar-refractivity contribution in [2.45, 2.75) is 51.2 Å². The van der Waals surface area contributed by atoms with Crippen LogP contribution >= 0.6 is 11.6 Å². The van der Waals surface area contributed by atoms with Gasteiger partial charge < -0.3 is 34.2 Å². The SMILES string of the molecule is C[C@@H]1CC=C[C@@H](OCC(=O)N2CCOCC2)CC=C/C(NOCC(=O)N2CCCCC2)=C/c2c(Cl)c(O)cc(O)c2C(=O)O1. The van der Waals surface area contributed by atoms with Gasteiger partial charge in [-0.2, -0.15) is 0 Å². The van der Waals surface area contributed by atoms with E-state index >= 15 is 0 Å². The number of hydroxylamine groups is 1. The van der Waals surface area contributed by atoms with Crippen LogP contribution < -0.4 is 5.48 Å². The molecule has 240 valence electrons. The Balaban J connectivity index is 1.57. The molecule has 0 spiro atoms. The van der Waals surface area contributed by atoms with Gasteiger partial charge in [-0.15, -0.1) is 0 Å². The van der Waals surface area contributed by atoms with E-state index in [2.05, 4.69) is 5.48 Å². The Labute approximate surface area is 261 Å². The lowest BCUT2D eigenvalue weighted by atomic mass is 10.0. The quantitative estimate of drug-likeness (QED) is 0.232. The Morgan fingerprint density at radius 3 is 2.45 bits per heavy atom. The van der Waals surface area contributed by atoms with Crippen molar-refractivity contribution in [3.05, 3.63) is 52.2 Å². The summed E-state index contributed by atoms with van der Waals surface area (Å²) in [6, 6.07) is 0.973. The van der Waals surface area contributed by atoms with Gasteiger partial charge in [-0.1, -0.05) is 29.8 Å². The Morgan fingerprint density at radius 2 is 1.70 bits per heavy atom. The van der Waals surface area contributed by atoms with Gasteiger partial charge in [-0.3, -0.25) is 19.9 Å². The molecule has 2 amide bonds. The molecular formula is C31H40ClN3O9. The average Bonchev–Trinajstić information content (AvgIpc) is 3.02. The van der Waals surface area contributed by atoms with Crippen LogP contribution in [-0.4, -0.2) is 103 Å². The third kappa shape index (κ3) is 9.46. The molecule has 0 unspecified atom stereocenters. The number of aromatic hydroxyl groups is 2. The normalized spacial score (nSPS) is 22.8. The standard InChI is InChI=1S/C31H40ClN3O9/c1-21-7-5-9-23(42-19-27(38)35-13-15-41-16-14-35)10-6-8-22(33-43-20-28(39)34-11-3-2-4-12-34)17-24-29(31(40)44-21)25(36)18-26(37)30(24)32/h5-6,8-9,17-18,21,23,33,36-37H,2-4,7,10-16,19-20H2,1H3/b8-6?,9-5?,22-17-/t21-,23-/m1/s1. The van der Waals surface area contributed by atoms with Gasteiger partial charge in [0.1, 0.15) is 29.8 Å². The molecule has 3 aliphatic heterocycles. The number of hydrogen-bond donors (Lipinski definition) is 3. The fraction of sp³-hybridized carbons (Fsp3) is 0.516. The van der Waals surface area contributed by atoms with Gasteiger partial charge in [0.2, 0.25) is 5.91 Å². The molecule has 0 aromatic heterocycles. The second-order valence-electron chi connectivity index (χ2n) is 10.8. The van der Waals surface area contributed by atoms with E-state index in [1.165, 1.54) is 6.08 Å². The zero-order valence-corrected chi connectivity index (χ0v) is 25.6.